The highest BCUT2D eigenvalue weighted by atomic mass is 16.5. The molecule has 22 heavy (non-hydrogen) atoms. The molecule has 1 aliphatic rings. The first-order chi connectivity index (χ1) is 10.6. The lowest BCUT2D eigenvalue weighted by Crippen LogP contribution is -2.40. The highest BCUT2D eigenvalue weighted by Crippen LogP contribution is 2.22. The molecule has 0 aromatic heterocycles. The van der Waals surface area contributed by atoms with Gasteiger partial charge in [-0.05, 0) is 38.7 Å². The van der Waals surface area contributed by atoms with Gasteiger partial charge in [-0.15, -0.1) is 12.8 Å². The Morgan fingerprint density at radius 1 is 1.32 bits per heavy atom. The quantitative estimate of drug-likeness (QED) is 0.603. The lowest BCUT2D eigenvalue weighted by molar-refractivity contribution is -0.139. The fourth-order valence-electron chi connectivity index (χ4n) is 2.13. The molecule has 4 nitrogen and oxygen atoms in total. The van der Waals surface area contributed by atoms with E-state index in [1.165, 1.54) is 0 Å². The molecule has 0 saturated heterocycles. The van der Waals surface area contributed by atoms with Gasteiger partial charge in [0.25, 0.3) is 0 Å². The maximum absolute atomic E-state index is 11.7. The van der Waals surface area contributed by atoms with Gasteiger partial charge in [0.2, 0.25) is 0 Å². The summed E-state index contributed by atoms with van der Waals surface area (Å²) < 4.78 is 11.0. The average Bonchev–Trinajstić information content (AvgIpc) is 2.58. The molecule has 0 amide bonds. The largest absolute Gasteiger partial charge is 0.463 e. The van der Waals surface area contributed by atoms with Crippen molar-refractivity contribution < 1.29 is 14.3 Å². The van der Waals surface area contributed by atoms with Gasteiger partial charge < -0.3 is 15.2 Å². The number of ether oxygens (including phenoxy) is 2. The minimum absolute atomic E-state index is 0.0243. The zero-order valence-electron chi connectivity index (χ0n) is 14.8. The Morgan fingerprint density at radius 3 is 2.32 bits per heavy atom. The SMILES string of the molecule is C#C.CC.CCOC(=O)C1=C[C@@H](OC(CC)CC)[C@H](N)CC1. The number of hydrogen-bond donors (Lipinski definition) is 1. The Hall–Kier alpha value is -1.31. The van der Waals surface area contributed by atoms with Crippen LogP contribution in [0.5, 0.6) is 0 Å². The highest BCUT2D eigenvalue weighted by molar-refractivity contribution is 5.88. The molecule has 4 heteroatoms. The Balaban J connectivity index is 0. The number of rotatable bonds is 6. The van der Waals surface area contributed by atoms with Crippen LogP contribution in [-0.2, 0) is 14.3 Å². The van der Waals surface area contributed by atoms with E-state index in [-0.39, 0.29) is 24.2 Å². The van der Waals surface area contributed by atoms with Crippen LogP contribution in [0.1, 0.15) is 60.3 Å². The predicted molar refractivity (Wildman–Crippen MR) is 92.4 cm³/mol. The van der Waals surface area contributed by atoms with E-state index in [9.17, 15) is 4.79 Å². The van der Waals surface area contributed by atoms with Crippen LogP contribution in [0.25, 0.3) is 0 Å². The summed E-state index contributed by atoms with van der Waals surface area (Å²) in [5.74, 6) is -0.234. The number of hydrogen-bond acceptors (Lipinski definition) is 4. The third-order valence-corrected chi connectivity index (χ3v) is 3.33. The van der Waals surface area contributed by atoms with Crippen LogP contribution in [0.3, 0.4) is 0 Å². The third-order valence-electron chi connectivity index (χ3n) is 3.33. The van der Waals surface area contributed by atoms with Gasteiger partial charge in [0, 0.05) is 11.6 Å². The molecule has 128 valence electrons. The van der Waals surface area contributed by atoms with E-state index in [0.717, 1.165) is 19.3 Å². The first kappa shape index (κ1) is 23.0. The zero-order chi connectivity index (χ0) is 17.5. The van der Waals surface area contributed by atoms with E-state index in [2.05, 4.69) is 26.7 Å². The average molecular weight is 311 g/mol. The fourth-order valence-corrected chi connectivity index (χ4v) is 2.13. The van der Waals surface area contributed by atoms with Crippen molar-refractivity contribution in [2.45, 2.75) is 78.6 Å². The van der Waals surface area contributed by atoms with Crippen LogP contribution < -0.4 is 5.73 Å². The molecule has 0 spiro atoms. The molecule has 0 unspecified atom stereocenters. The van der Waals surface area contributed by atoms with E-state index in [0.29, 0.717) is 18.6 Å². The van der Waals surface area contributed by atoms with Crippen molar-refractivity contribution in [1.82, 2.24) is 0 Å². The van der Waals surface area contributed by atoms with Crippen molar-refractivity contribution in [3.63, 3.8) is 0 Å². The van der Waals surface area contributed by atoms with E-state index in [1.54, 1.807) is 0 Å². The molecule has 0 aliphatic heterocycles. The Bertz CT molecular complexity index is 332. The van der Waals surface area contributed by atoms with Crippen molar-refractivity contribution in [2.75, 3.05) is 6.61 Å². The number of carbonyl (C=O) groups excluding carboxylic acids is 1. The summed E-state index contributed by atoms with van der Waals surface area (Å²) in [4.78, 5) is 11.7. The fraction of sp³-hybridized carbons (Fsp3) is 0.722. The second-order valence-corrected chi connectivity index (χ2v) is 4.65. The van der Waals surface area contributed by atoms with Crippen molar-refractivity contribution in [3.05, 3.63) is 11.6 Å². The predicted octanol–water partition coefficient (Wildman–Crippen LogP) is 3.45. The monoisotopic (exact) mass is 311 g/mol. The summed E-state index contributed by atoms with van der Waals surface area (Å²) in [6, 6.07) is -0.0243. The molecule has 2 atom stereocenters. The van der Waals surface area contributed by atoms with Crippen LogP contribution in [-0.4, -0.2) is 30.8 Å². The van der Waals surface area contributed by atoms with Crippen molar-refractivity contribution in [2.24, 2.45) is 5.73 Å². The van der Waals surface area contributed by atoms with Crippen LogP contribution >= 0.6 is 0 Å². The number of terminal acetylenes is 1. The van der Waals surface area contributed by atoms with Gasteiger partial charge in [0.1, 0.15) is 0 Å². The van der Waals surface area contributed by atoms with E-state index < -0.39 is 0 Å². The first-order valence-corrected chi connectivity index (χ1v) is 8.24. The summed E-state index contributed by atoms with van der Waals surface area (Å²) >= 11 is 0. The molecule has 1 aliphatic carbocycles. The first-order valence-electron chi connectivity index (χ1n) is 8.24. The standard InChI is InChI=1S/C14H25NO3.C2H6.C2H2/c1-4-11(5-2)18-13-9-10(7-8-12(13)15)14(16)17-6-3;2*1-2/h9,11-13H,4-8,15H2,1-3H3;1-2H3;1-2H/t12-,13-;;/m1../s1. The lowest BCUT2D eigenvalue weighted by Gasteiger charge is -2.30. The molecule has 1 rings (SSSR count). The van der Waals surface area contributed by atoms with Crippen LogP contribution in [0, 0.1) is 12.8 Å². The van der Waals surface area contributed by atoms with Gasteiger partial charge in [-0.3, -0.25) is 0 Å². The van der Waals surface area contributed by atoms with Crippen molar-refractivity contribution >= 4 is 5.97 Å². The molecule has 0 radical (unpaired) electrons. The van der Waals surface area contributed by atoms with Gasteiger partial charge in [-0.2, -0.15) is 0 Å². The smallest absolute Gasteiger partial charge is 0.333 e. The van der Waals surface area contributed by atoms with Crippen molar-refractivity contribution in [3.8, 4) is 12.8 Å². The van der Waals surface area contributed by atoms with Gasteiger partial charge in [-0.1, -0.05) is 27.7 Å². The van der Waals surface area contributed by atoms with Gasteiger partial charge in [0.05, 0.1) is 18.8 Å². The number of carbonyl (C=O) groups is 1. The lowest BCUT2D eigenvalue weighted by atomic mass is 9.93. The summed E-state index contributed by atoms with van der Waals surface area (Å²) in [5.41, 5.74) is 6.75. The molecule has 0 heterocycles. The number of nitrogens with two attached hydrogens (primary N) is 1. The molecule has 2 N–H and O–H groups in total. The van der Waals surface area contributed by atoms with Gasteiger partial charge in [0.15, 0.2) is 0 Å². The zero-order valence-corrected chi connectivity index (χ0v) is 14.8. The normalized spacial score (nSPS) is 20.0. The van der Waals surface area contributed by atoms with E-state index in [1.807, 2.05) is 26.8 Å². The number of esters is 1. The summed E-state index contributed by atoms with van der Waals surface area (Å²) in [7, 11) is 0. The molecule has 0 aromatic carbocycles. The summed E-state index contributed by atoms with van der Waals surface area (Å²) in [6.45, 7) is 10.4. The van der Waals surface area contributed by atoms with Crippen LogP contribution in [0.4, 0.5) is 0 Å². The molecule has 0 saturated carbocycles. The second-order valence-electron chi connectivity index (χ2n) is 4.65. The molecule has 0 bridgehead atoms. The van der Waals surface area contributed by atoms with Crippen LogP contribution in [0.15, 0.2) is 11.6 Å². The van der Waals surface area contributed by atoms with E-state index >= 15 is 0 Å². The maximum atomic E-state index is 11.7. The van der Waals surface area contributed by atoms with Gasteiger partial charge in [-0.25, -0.2) is 4.79 Å². The molecule has 0 aromatic rings. The minimum Gasteiger partial charge on any atom is -0.463 e. The highest BCUT2D eigenvalue weighted by Gasteiger charge is 2.27. The molecular weight excluding hydrogens is 278 g/mol. The topological polar surface area (TPSA) is 61.5 Å². The molecule has 0 fully saturated rings. The minimum atomic E-state index is -0.234. The molecular formula is C18H33NO3. The Kier molecular flexibility index (Phi) is 15.3. The third kappa shape index (κ3) is 8.21. The Labute approximate surface area is 136 Å². The van der Waals surface area contributed by atoms with Crippen LogP contribution in [0.2, 0.25) is 0 Å². The summed E-state index contributed by atoms with van der Waals surface area (Å²) in [5, 5.41) is 0. The van der Waals surface area contributed by atoms with Gasteiger partial charge >= 0.3 is 5.97 Å². The van der Waals surface area contributed by atoms with Crippen molar-refractivity contribution in [1.29, 1.82) is 0 Å². The summed E-state index contributed by atoms with van der Waals surface area (Å²) in [6.07, 6.45) is 13.3. The maximum Gasteiger partial charge on any atom is 0.333 e. The second kappa shape index (κ2) is 14.6. The van der Waals surface area contributed by atoms with E-state index in [4.69, 9.17) is 15.2 Å². The Morgan fingerprint density at radius 2 is 1.86 bits per heavy atom.